The second-order valence-corrected chi connectivity index (χ2v) is 6.71. The largest absolute Gasteiger partial charge is 0.446 e. The van der Waals surface area contributed by atoms with Crippen molar-refractivity contribution >= 4 is 21.6 Å². The third kappa shape index (κ3) is 3.77. The molecule has 9 heteroatoms. The predicted octanol–water partition coefficient (Wildman–Crippen LogP) is 6.28. The van der Waals surface area contributed by atoms with Crippen molar-refractivity contribution in [2.45, 2.75) is 19.0 Å². The van der Waals surface area contributed by atoms with Crippen molar-refractivity contribution in [2.24, 2.45) is 0 Å². The zero-order valence-corrected chi connectivity index (χ0v) is 14.7. The number of halogens is 7. The summed E-state index contributed by atoms with van der Waals surface area (Å²) in [5.41, 5.74) is -1.22. The van der Waals surface area contributed by atoms with Crippen molar-refractivity contribution in [3.8, 4) is 11.5 Å². The number of alkyl halides is 3. The van der Waals surface area contributed by atoms with Gasteiger partial charge in [-0.25, -0.2) is 13.2 Å². The van der Waals surface area contributed by atoms with Crippen molar-refractivity contribution < 1.29 is 31.1 Å². The number of ether oxygens (including phenoxy) is 1. The molecule has 2 aromatic carbocycles. The van der Waals surface area contributed by atoms with Gasteiger partial charge in [0, 0.05) is 17.6 Å². The third-order valence-electron chi connectivity index (χ3n) is 3.97. The molecule has 0 aliphatic carbocycles. The summed E-state index contributed by atoms with van der Waals surface area (Å²) < 4.78 is 85.8. The first kappa shape index (κ1) is 18.9. The van der Waals surface area contributed by atoms with E-state index in [0.29, 0.717) is 17.6 Å². The van der Waals surface area contributed by atoms with Gasteiger partial charge in [0.25, 0.3) is 0 Å². The zero-order chi connectivity index (χ0) is 19.1. The summed E-state index contributed by atoms with van der Waals surface area (Å²) >= 11 is 3.14. The standard InChI is InChI=1S/C17H12BrF6NO/c18-10-7-13(21)16(14(8-10)25-3-1-2-4-25)26-15-11(19)5-9(6-12(15)20)17(22,23)24/h5-8H,1-4H2. The van der Waals surface area contributed by atoms with Gasteiger partial charge < -0.3 is 9.64 Å². The van der Waals surface area contributed by atoms with Crippen LogP contribution in [0.2, 0.25) is 0 Å². The van der Waals surface area contributed by atoms with E-state index in [1.165, 1.54) is 6.07 Å². The van der Waals surface area contributed by atoms with Crippen LogP contribution in [-0.4, -0.2) is 13.1 Å². The normalized spacial score (nSPS) is 14.8. The Labute approximate surface area is 153 Å². The van der Waals surface area contributed by atoms with Crippen LogP contribution in [0.1, 0.15) is 18.4 Å². The fraction of sp³-hybridized carbons (Fsp3) is 0.294. The number of rotatable bonds is 3. The highest BCUT2D eigenvalue weighted by Gasteiger charge is 2.33. The maximum atomic E-state index is 14.4. The molecule has 0 spiro atoms. The lowest BCUT2D eigenvalue weighted by Crippen LogP contribution is -2.19. The topological polar surface area (TPSA) is 12.5 Å². The van der Waals surface area contributed by atoms with Crippen LogP contribution >= 0.6 is 15.9 Å². The molecule has 1 saturated heterocycles. The quantitative estimate of drug-likeness (QED) is 0.522. The van der Waals surface area contributed by atoms with Crippen molar-refractivity contribution in [3.05, 3.63) is 51.8 Å². The Hall–Kier alpha value is -1.90. The van der Waals surface area contributed by atoms with Crippen LogP contribution in [0.3, 0.4) is 0 Å². The fourth-order valence-corrected chi connectivity index (χ4v) is 3.18. The minimum Gasteiger partial charge on any atom is -0.446 e. The molecule has 1 aliphatic rings. The Morgan fingerprint density at radius 1 is 0.846 bits per heavy atom. The lowest BCUT2D eigenvalue weighted by Gasteiger charge is -2.22. The van der Waals surface area contributed by atoms with E-state index in [0.717, 1.165) is 18.9 Å². The Morgan fingerprint density at radius 2 is 1.38 bits per heavy atom. The van der Waals surface area contributed by atoms with E-state index >= 15 is 0 Å². The van der Waals surface area contributed by atoms with Gasteiger partial charge in [0.2, 0.25) is 0 Å². The van der Waals surface area contributed by atoms with Crippen LogP contribution in [-0.2, 0) is 6.18 Å². The molecule has 0 N–H and O–H groups in total. The summed E-state index contributed by atoms with van der Waals surface area (Å²) in [6.07, 6.45) is -3.20. The molecular weight excluding hydrogens is 428 g/mol. The first-order valence-electron chi connectivity index (χ1n) is 7.65. The van der Waals surface area contributed by atoms with Crippen LogP contribution in [0.5, 0.6) is 11.5 Å². The molecule has 1 aliphatic heterocycles. The molecule has 2 aromatic rings. The van der Waals surface area contributed by atoms with Crippen molar-refractivity contribution in [1.82, 2.24) is 0 Å². The molecule has 3 rings (SSSR count). The highest BCUT2D eigenvalue weighted by atomic mass is 79.9. The van der Waals surface area contributed by atoms with E-state index in [1.54, 1.807) is 4.90 Å². The number of hydrogen-bond donors (Lipinski definition) is 0. The average molecular weight is 440 g/mol. The van der Waals surface area contributed by atoms with Gasteiger partial charge in [-0.15, -0.1) is 0 Å². The van der Waals surface area contributed by atoms with Crippen LogP contribution in [0.4, 0.5) is 32.0 Å². The fourth-order valence-electron chi connectivity index (χ4n) is 2.76. The zero-order valence-electron chi connectivity index (χ0n) is 13.1. The van der Waals surface area contributed by atoms with Gasteiger partial charge in [-0.1, -0.05) is 15.9 Å². The lowest BCUT2D eigenvalue weighted by molar-refractivity contribution is -0.138. The molecule has 0 aromatic heterocycles. The van der Waals surface area contributed by atoms with Gasteiger partial charge in [0.1, 0.15) is 0 Å². The molecular formula is C17H12BrF6NO. The number of benzene rings is 2. The number of anilines is 1. The molecule has 0 bridgehead atoms. The van der Waals surface area contributed by atoms with Crippen LogP contribution < -0.4 is 9.64 Å². The number of hydrogen-bond acceptors (Lipinski definition) is 2. The molecule has 140 valence electrons. The molecule has 0 atom stereocenters. The van der Waals surface area contributed by atoms with Crippen molar-refractivity contribution in [1.29, 1.82) is 0 Å². The molecule has 0 unspecified atom stereocenters. The first-order valence-corrected chi connectivity index (χ1v) is 8.44. The second kappa shape index (κ2) is 7.02. The Morgan fingerprint density at radius 3 is 1.92 bits per heavy atom. The average Bonchev–Trinajstić information content (AvgIpc) is 3.05. The van der Waals surface area contributed by atoms with E-state index < -0.39 is 40.7 Å². The highest BCUT2D eigenvalue weighted by molar-refractivity contribution is 9.10. The smallest absolute Gasteiger partial charge is 0.416 e. The van der Waals surface area contributed by atoms with Gasteiger partial charge in [0.05, 0.1) is 11.3 Å². The van der Waals surface area contributed by atoms with Crippen molar-refractivity contribution in [3.63, 3.8) is 0 Å². The predicted molar refractivity (Wildman–Crippen MR) is 87.0 cm³/mol. The molecule has 1 heterocycles. The minimum atomic E-state index is -4.91. The second-order valence-electron chi connectivity index (χ2n) is 5.80. The Kier molecular flexibility index (Phi) is 5.09. The third-order valence-corrected chi connectivity index (χ3v) is 4.42. The van der Waals surface area contributed by atoms with Crippen molar-refractivity contribution in [2.75, 3.05) is 18.0 Å². The van der Waals surface area contributed by atoms with Gasteiger partial charge in [0.15, 0.2) is 29.0 Å². The van der Waals surface area contributed by atoms with Crippen LogP contribution in [0.15, 0.2) is 28.7 Å². The number of nitrogens with zero attached hydrogens (tertiary/aromatic N) is 1. The summed E-state index contributed by atoms with van der Waals surface area (Å²) in [4.78, 5) is 1.78. The van der Waals surface area contributed by atoms with Gasteiger partial charge in [-0.2, -0.15) is 13.2 Å². The van der Waals surface area contributed by atoms with E-state index in [2.05, 4.69) is 15.9 Å². The Bertz CT molecular complexity index is 810. The molecule has 0 amide bonds. The maximum absolute atomic E-state index is 14.4. The van der Waals surface area contributed by atoms with Gasteiger partial charge in [-0.3, -0.25) is 0 Å². The summed E-state index contributed by atoms with van der Waals surface area (Å²) in [5, 5.41) is 0. The van der Waals surface area contributed by atoms with Gasteiger partial charge >= 0.3 is 6.18 Å². The first-order chi connectivity index (χ1) is 12.2. The van der Waals surface area contributed by atoms with E-state index in [-0.39, 0.29) is 17.8 Å². The molecule has 26 heavy (non-hydrogen) atoms. The summed E-state index contributed by atoms with van der Waals surface area (Å²) in [6.45, 7) is 1.20. The lowest BCUT2D eigenvalue weighted by atomic mass is 10.2. The van der Waals surface area contributed by atoms with Crippen LogP contribution in [0, 0.1) is 17.5 Å². The van der Waals surface area contributed by atoms with Gasteiger partial charge in [-0.05, 0) is 37.1 Å². The molecule has 0 radical (unpaired) electrons. The van der Waals surface area contributed by atoms with E-state index in [9.17, 15) is 26.3 Å². The van der Waals surface area contributed by atoms with Crippen LogP contribution in [0.25, 0.3) is 0 Å². The highest BCUT2D eigenvalue weighted by Crippen LogP contribution is 2.41. The molecule has 2 nitrogen and oxygen atoms in total. The minimum absolute atomic E-state index is 0.116. The van der Waals surface area contributed by atoms with E-state index in [1.807, 2.05) is 0 Å². The maximum Gasteiger partial charge on any atom is 0.416 e. The summed E-state index contributed by atoms with van der Waals surface area (Å²) in [7, 11) is 0. The SMILES string of the molecule is Fc1cc(C(F)(F)F)cc(F)c1Oc1c(F)cc(Br)cc1N1CCCC1. The summed E-state index contributed by atoms with van der Waals surface area (Å²) in [6, 6.07) is 2.81. The van der Waals surface area contributed by atoms with E-state index in [4.69, 9.17) is 4.74 Å². The Balaban J connectivity index is 2.04. The molecule has 0 saturated carbocycles. The molecule has 1 fully saturated rings. The monoisotopic (exact) mass is 439 g/mol. The summed E-state index contributed by atoms with van der Waals surface area (Å²) in [5.74, 6) is -5.54.